The Balaban J connectivity index is 2.96. The minimum absolute atomic E-state index is 0.117. The van der Waals surface area contributed by atoms with Crippen molar-refractivity contribution in [3.8, 4) is 0 Å². The molecule has 0 heterocycles. The maximum atomic E-state index is 12.2. The number of anilines is 1. The molecule has 1 aromatic carbocycles. The Kier molecular flexibility index (Phi) is 4.73. The molecule has 0 aliphatic carbocycles. The highest BCUT2D eigenvalue weighted by atomic mass is 16.6. The second-order valence-electron chi connectivity index (χ2n) is 5.22. The van der Waals surface area contributed by atoms with Crippen LogP contribution < -0.4 is 4.90 Å². The lowest BCUT2D eigenvalue weighted by Gasteiger charge is -2.30. The van der Waals surface area contributed by atoms with Crippen molar-refractivity contribution in [1.82, 2.24) is 0 Å². The molecule has 4 nitrogen and oxygen atoms in total. The summed E-state index contributed by atoms with van der Waals surface area (Å²) < 4.78 is 5.35. The molecule has 4 heteroatoms. The zero-order valence-corrected chi connectivity index (χ0v) is 11.4. The fourth-order valence-corrected chi connectivity index (χ4v) is 1.52. The van der Waals surface area contributed by atoms with Crippen LogP contribution >= 0.6 is 0 Å². The van der Waals surface area contributed by atoms with Crippen LogP contribution in [0.1, 0.15) is 27.7 Å². The van der Waals surface area contributed by atoms with Crippen molar-refractivity contribution in [3.63, 3.8) is 0 Å². The van der Waals surface area contributed by atoms with Crippen LogP contribution in [0.4, 0.5) is 10.5 Å². The highest BCUT2D eigenvalue weighted by Gasteiger charge is 2.26. The molecule has 100 valence electrons. The molecule has 0 aliphatic rings. The minimum atomic E-state index is -0.556. The summed E-state index contributed by atoms with van der Waals surface area (Å²) in [6.07, 6.45) is -0.449. The van der Waals surface area contributed by atoms with Gasteiger partial charge in [0.2, 0.25) is 0 Å². The van der Waals surface area contributed by atoms with Crippen LogP contribution in [-0.4, -0.2) is 29.4 Å². The van der Waals surface area contributed by atoms with E-state index in [1.54, 1.807) is 6.92 Å². The van der Waals surface area contributed by atoms with Gasteiger partial charge >= 0.3 is 6.09 Å². The van der Waals surface area contributed by atoms with E-state index in [0.29, 0.717) is 5.69 Å². The van der Waals surface area contributed by atoms with Gasteiger partial charge in [-0.2, -0.15) is 0 Å². The van der Waals surface area contributed by atoms with Crippen molar-refractivity contribution in [1.29, 1.82) is 0 Å². The zero-order valence-electron chi connectivity index (χ0n) is 11.4. The molecule has 18 heavy (non-hydrogen) atoms. The summed E-state index contributed by atoms with van der Waals surface area (Å²) in [5, 5.41) is 9.26. The van der Waals surface area contributed by atoms with E-state index in [2.05, 4.69) is 0 Å². The van der Waals surface area contributed by atoms with Gasteiger partial charge in [-0.1, -0.05) is 18.2 Å². The third-order valence-electron chi connectivity index (χ3n) is 2.33. The van der Waals surface area contributed by atoms with Crippen LogP contribution in [0, 0.1) is 0 Å². The van der Waals surface area contributed by atoms with Gasteiger partial charge in [-0.15, -0.1) is 0 Å². The monoisotopic (exact) mass is 251 g/mol. The molecule has 1 N–H and O–H groups in total. The molecule has 0 radical (unpaired) electrons. The smallest absolute Gasteiger partial charge is 0.415 e. The Morgan fingerprint density at radius 2 is 1.89 bits per heavy atom. The van der Waals surface area contributed by atoms with E-state index < -0.39 is 11.7 Å². The molecule has 0 saturated carbocycles. The van der Waals surface area contributed by atoms with Crippen LogP contribution in [0.15, 0.2) is 30.3 Å². The average molecular weight is 251 g/mol. The molecule has 1 aromatic rings. The summed E-state index contributed by atoms with van der Waals surface area (Å²) in [5.41, 5.74) is 0.160. The number of rotatable bonds is 3. The second kappa shape index (κ2) is 5.87. The second-order valence-corrected chi connectivity index (χ2v) is 5.22. The molecule has 0 fully saturated rings. The average Bonchev–Trinajstić information content (AvgIpc) is 2.28. The van der Waals surface area contributed by atoms with Crippen molar-refractivity contribution in [2.75, 3.05) is 11.5 Å². The number of carbonyl (C=O) groups excluding carboxylic acids is 1. The maximum absolute atomic E-state index is 12.2. The van der Waals surface area contributed by atoms with Gasteiger partial charge in [0.1, 0.15) is 5.60 Å². The summed E-state index contributed by atoms with van der Waals surface area (Å²) in [6.45, 7) is 7.11. The topological polar surface area (TPSA) is 49.8 Å². The number of ether oxygens (including phenoxy) is 1. The van der Waals surface area contributed by atoms with Gasteiger partial charge in [-0.3, -0.25) is 4.90 Å². The predicted molar refractivity (Wildman–Crippen MR) is 71.7 cm³/mol. The van der Waals surface area contributed by atoms with Crippen LogP contribution in [0.5, 0.6) is 0 Å². The molecule has 0 spiro atoms. The van der Waals surface area contributed by atoms with Gasteiger partial charge in [-0.25, -0.2) is 4.79 Å². The quantitative estimate of drug-likeness (QED) is 0.898. The lowest BCUT2D eigenvalue weighted by molar-refractivity contribution is 0.0555. The number of hydrogen-bond donors (Lipinski definition) is 1. The van der Waals surface area contributed by atoms with Crippen LogP contribution in [0.2, 0.25) is 0 Å². The molecule has 1 amide bonds. The Morgan fingerprint density at radius 3 is 2.33 bits per heavy atom. The van der Waals surface area contributed by atoms with E-state index in [9.17, 15) is 9.90 Å². The Morgan fingerprint density at radius 1 is 1.33 bits per heavy atom. The third-order valence-corrected chi connectivity index (χ3v) is 2.33. The van der Waals surface area contributed by atoms with Crippen LogP contribution in [0.25, 0.3) is 0 Å². The first kappa shape index (κ1) is 14.5. The van der Waals surface area contributed by atoms with Crippen molar-refractivity contribution < 1.29 is 14.6 Å². The van der Waals surface area contributed by atoms with E-state index in [1.165, 1.54) is 4.90 Å². The highest BCUT2D eigenvalue weighted by molar-refractivity contribution is 5.88. The third kappa shape index (κ3) is 4.04. The van der Waals surface area contributed by atoms with Gasteiger partial charge in [-0.05, 0) is 39.8 Å². The molecule has 0 aliphatic heterocycles. The molecule has 1 atom stereocenters. The summed E-state index contributed by atoms with van der Waals surface area (Å²) in [6, 6.07) is 8.86. The first-order valence-electron chi connectivity index (χ1n) is 6.03. The SMILES string of the molecule is C[C@H](CO)N(C(=O)OC(C)(C)C)c1ccccc1. The number of benzene rings is 1. The molecular weight excluding hydrogens is 230 g/mol. The lowest BCUT2D eigenvalue weighted by atomic mass is 10.2. The predicted octanol–water partition coefficient (Wildman–Crippen LogP) is 2.81. The first-order valence-corrected chi connectivity index (χ1v) is 6.03. The summed E-state index contributed by atoms with van der Waals surface area (Å²) in [7, 11) is 0. The van der Waals surface area contributed by atoms with E-state index in [0.717, 1.165) is 0 Å². The van der Waals surface area contributed by atoms with Crippen molar-refractivity contribution in [3.05, 3.63) is 30.3 Å². The molecule has 0 bridgehead atoms. The van der Waals surface area contributed by atoms with Crippen LogP contribution in [-0.2, 0) is 4.74 Å². The summed E-state index contributed by atoms with van der Waals surface area (Å²) in [5.74, 6) is 0. The van der Waals surface area contributed by atoms with Crippen molar-refractivity contribution >= 4 is 11.8 Å². The zero-order chi connectivity index (χ0) is 13.8. The molecular formula is C14H21NO3. The number of aliphatic hydroxyl groups is 1. The molecule has 0 unspecified atom stereocenters. The Hall–Kier alpha value is -1.55. The van der Waals surface area contributed by atoms with E-state index in [-0.39, 0.29) is 12.6 Å². The first-order chi connectivity index (χ1) is 8.35. The summed E-state index contributed by atoms with van der Waals surface area (Å²) in [4.78, 5) is 13.6. The number of hydrogen-bond acceptors (Lipinski definition) is 3. The number of carbonyl (C=O) groups is 1. The van der Waals surface area contributed by atoms with E-state index >= 15 is 0 Å². The minimum Gasteiger partial charge on any atom is -0.443 e. The lowest BCUT2D eigenvalue weighted by Crippen LogP contribution is -2.44. The number of nitrogens with zero attached hydrogens (tertiary/aromatic N) is 1. The van der Waals surface area contributed by atoms with Gasteiger partial charge < -0.3 is 9.84 Å². The van der Waals surface area contributed by atoms with Gasteiger partial charge in [0.15, 0.2) is 0 Å². The van der Waals surface area contributed by atoms with E-state index in [4.69, 9.17) is 4.74 Å². The Labute approximate surface area is 108 Å². The fourth-order valence-electron chi connectivity index (χ4n) is 1.52. The summed E-state index contributed by atoms with van der Waals surface area (Å²) >= 11 is 0. The Bertz CT molecular complexity index is 384. The fraction of sp³-hybridized carbons (Fsp3) is 0.500. The van der Waals surface area contributed by atoms with Crippen molar-refractivity contribution in [2.45, 2.75) is 39.3 Å². The van der Waals surface area contributed by atoms with Gasteiger partial charge in [0.05, 0.1) is 12.6 Å². The van der Waals surface area contributed by atoms with Crippen LogP contribution in [0.3, 0.4) is 0 Å². The number of amides is 1. The van der Waals surface area contributed by atoms with Gasteiger partial charge in [0, 0.05) is 5.69 Å². The standard InChI is InChI=1S/C14H21NO3/c1-11(10-16)15(12-8-6-5-7-9-12)13(17)18-14(2,3)4/h5-9,11,16H,10H2,1-4H3/t11-/m1/s1. The van der Waals surface area contributed by atoms with Crippen molar-refractivity contribution in [2.24, 2.45) is 0 Å². The maximum Gasteiger partial charge on any atom is 0.415 e. The molecule has 0 saturated heterocycles. The normalized spacial score (nSPS) is 12.9. The highest BCUT2D eigenvalue weighted by Crippen LogP contribution is 2.20. The largest absolute Gasteiger partial charge is 0.443 e. The molecule has 1 rings (SSSR count). The van der Waals surface area contributed by atoms with E-state index in [1.807, 2.05) is 51.1 Å². The van der Waals surface area contributed by atoms with Gasteiger partial charge in [0.25, 0.3) is 0 Å². The number of aliphatic hydroxyl groups excluding tert-OH is 1. The number of para-hydroxylation sites is 1. The molecule has 0 aromatic heterocycles.